The predicted octanol–water partition coefficient (Wildman–Crippen LogP) is 0.686. The third-order valence-corrected chi connectivity index (χ3v) is 4.27. The molecule has 0 radical (unpaired) electrons. The van der Waals surface area contributed by atoms with Crippen LogP contribution in [0.1, 0.15) is 17.5 Å². The molecular formula is C21H29N4O2S+. The van der Waals surface area contributed by atoms with Gasteiger partial charge in [-0.2, -0.15) is 0 Å². The monoisotopic (exact) mass is 401 g/mol. The Morgan fingerprint density at radius 3 is 2.50 bits per heavy atom. The molecular weight excluding hydrogens is 372 g/mol. The molecule has 0 saturated heterocycles. The number of amides is 1. The SMILES string of the molecule is C[NH+](C)CCCNC(=S)NNC(=O)COc1ccccc1Cc1ccccc1. The third kappa shape index (κ3) is 8.37. The van der Waals surface area contributed by atoms with Crippen LogP contribution < -0.4 is 25.8 Å². The number of rotatable bonds is 9. The maximum Gasteiger partial charge on any atom is 0.276 e. The van der Waals surface area contributed by atoms with Gasteiger partial charge in [0.05, 0.1) is 20.6 Å². The van der Waals surface area contributed by atoms with E-state index in [2.05, 4.69) is 42.4 Å². The van der Waals surface area contributed by atoms with Crippen LogP contribution in [-0.2, 0) is 11.2 Å². The molecule has 0 bridgehead atoms. The summed E-state index contributed by atoms with van der Waals surface area (Å²) in [6, 6.07) is 17.9. The number of thiocarbonyl (C=S) groups is 1. The van der Waals surface area contributed by atoms with Crippen LogP contribution in [-0.4, -0.2) is 44.8 Å². The first-order valence-corrected chi connectivity index (χ1v) is 9.82. The van der Waals surface area contributed by atoms with Gasteiger partial charge in [-0.1, -0.05) is 48.5 Å². The van der Waals surface area contributed by atoms with Crippen LogP contribution in [0.15, 0.2) is 54.6 Å². The summed E-state index contributed by atoms with van der Waals surface area (Å²) in [7, 11) is 4.21. The van der Waals surface area contributed by atoms with Crippen LogP contribution in [0.3, 0.4) is 0 Å². The van der Waals surface area contributed by atoms with Gasteiger partial charge >= 0.3 is 0 Å². The Kier molecular flexibility index (Phi) is 9.24. The van der Waals surface area contributed by atoms with Gasteiger partial charge < -0.3 is 15.0 Å². The maximum atomic E-state index is 12.0. The van der Waals surface area contributed by atoms with Crippen LogP contribution in [0.5, 0.6) is 5.75 Å². The van der Waals surface area contributed by atoms with Gasteiger partial charge in [0.2, 0.25) is 0 Å². The molecule has 0 aliphatic rings. The Labute approximate surface area is 172 Å². The number of benzene rings is 2. The van der Waals surface area contributed by atoms with E-state index in [1.54, 1.807) is 0 Å². The summed E-state index contributed by atoms with van der Waals surface area (Å²) in [5.74, 6) is 0.407. The van der Waals surface area contributed by atoms with Crippen LogP contribution >= 0.6 is 12.2 Å². The van der Waals surface area contributed by atoms with Crippen LogP contribution in [0.25, 0.3) is 0 Å². The Bertz CT molecular complexity index is 753. The van der Waals surface area contributed by atoms with Crippen LogP contribution in [0.4, 0.5) is 0 Å². The van der Waals surface area contributed by atoms with Crippen molar-refractivity contribution in [3.63, 3.8) is 0 Å². The molecule has 0 unspecified atom stereocenters. The van der Waals surface area contributed by atoms with Crippen molar-refractivity contribution in [2.45, 2.75) is 12.8 Å². The quantitative estimate of drug-likeness (QED) is 0.283. The Morgan fingerprint density at radius 1 is 1.04 bits per heavy atom. The first-order valence-electron chi connectivity index (χ1n) is 9.41. The van der Waals surface area contributed by atoms with Crippen molar-refractivity contribution in [3.8, 4) is 5.75 Å². The van der Waals surface area contributed by atoms with E-state index in [1.807, 2.05) is 42.5 Å². The molecule has 6 nitrogen and oxygen atoms in total. The van der Waals surface area contributed by atoms with E-state index < -0.39 is 0 Å². The molecule has 0 fully saturated rings. The van der Waals surface area contributed by atoms with Gasteiger partial charge in [-0.25, -0.2) is 0 Å². The molecule has 0 aliphatic heterocycles. The number of ether oxygens (including phenoxy) is 1. The number of para-hydroxylation sites is 1. The molecule has 2 aromatic carbocycles. The highest BCUT2D eigenvalue weighted by Gasteiger charge is 2.08. The number of carbonyl (C=O) groups excluding carboxylic acids is 1. The van der Waals surface area contributed by atoms with E-state index in [9.17, 15) is 4.79 Å². The van der Waals surface area contributed by atoms with Crippen molar-refractivity contribution in [1.82, 2.24) is 16.2 Å². The zero-order valence-corrected chi connectivity index (χ0v) is 17.3. The van der Waals surface area contributed by atoms with Gasteiger partial charge in [0.25, 0.3) is 5.91 Å². The molecule has 7 heteroatoms. The summed E-state index contributed by atoms with van der Waals surface area (Å²) in [6.45, 7) is 1.72. The number of quaternary nitrogens is 1. The molecule has 0 heterocycles. The standard InChI is InChI=1S/C21H28N4O2S/c1-25(2)14-8-13-22-21(28)24-23-20(26)16-27-19-12-7-6-11-18(19)15-17-9-4-3-5-10-17/h3-7,9-12H,8,13-16H2,1-2H3,(H,23,26)(H2,22,24,28)/p+1. The highest BCUT2D eigenvalue weighted by molar-refractivity contribution is 7.80. The van der Waals surface area contributed by atoms with Crippen molar-refractivity contribution in [3.05, 3.63) is 65.7 Å². The Morgan fingerprint density at radius 2 is 1.75 bits per heavy atom. The van der Waals surface area contributed by atoms with E-state index in [1.165, 1.54) is 10.5 Å². The molecule has 2 rings (SSSR count). The number of nitrogens with one attached hydrogen (secondary N) is 4. The molecule has 0 saturated carbocycles. The minimum atomic E-state index is -0.295. The van der Waals surface area contributed by atoms with E-state index in [4.69, 9.17) is 17.0 Å². The van der Waals surface area contributed by atoms with Crippen molar-refractivity contribution in [1.29, 1.82) is 0 Å². The maximum absolute atomic E-state index is 12.0. The summed E-state index contributed by atoms with van der Waals surface area (Å²) < 4.78 is 5.71. The molecule has 4 N–H and O–H groups in total. The normalized spacial score (nSPS) is 10.4. The fraction of sp³-hybridized carbons (Fsp3) is 0.333. The Balaban J connectivity index is 1.73. The summed E-state index contributed by atoms with van der Waals surface area (Å²) in [4.78, 5) is 13.4. The largest absolute Gasteiger partial charge is 0.483 e. The zero-order chi connectivity index (χ0) is 20.2. The molecule has 0 atom stereocenters. The van der Waals surface area contributed by atoms with Gasteiger partial charge in [-0.3, -0.25) is 15.6 Å². The fourth-order valence-electron chi connectivity index (χ4n) is 2.60. The summed E-state index contributed by atoms with van der Waals surface area (Å²) in [5, 5.41) is 3.45. The zero-order valence-electron chi connectivity index (χ0n) is 16.5. The number of carbonyl (C=O) groups is 1. The van der Waals surface area contributed by atoms with Crippen LogP contribution in [0, 0.1) is 0 Å². The fourth-order valence-corrected chi connectivity index (χ4v) is 2.75. The van der Waals surface area contributed by atoms with E-state index in [0.29, 0.717) is 10.9 Å². The third-order valence-electron chi connectivity index (χ3n) is 4.02. The molecule has 0 aromatic heterocycles. The van der Waals surface area contributed by atoms with Crippen molar-refractivity contribution < 1.29 is 14.4 Å². The molecule has 0 spiro atoms. The topological polar surface area (TPSA) is 66.8 Å². The lowest BCUT2D eigenvalue weighted by Gasteiger charge is -2.14. The first-order chi connectivity index (χ1) is 13.5. The lowest BCUT2D eigenvalue weighted by molar-refractivity contribution is -0.858. The second-order valence-electron chi connectivity index (χ2n) is 6.80. The average molecular weight is 402 g/mol. The minimum Gasteiger partial charge on any atom is -0.483 e. The molecule has 0 aliphatic carbocycles. The number of hydrogen-bond donors (Lipinski definition) is 4. The molecule has 1 amide bonds. The highest BCUT2D eigenvalue weighted by Crippen LogP contribution is 2.21. The molecule has 28 heavy (non-hydrogen) atoms. The summed E-state index contributed by atoms with van der Waals surface area (Å²) in [6.07, 6.45) is 1.75. The van der Waals surface area contributed by atoms with Crippen LogP contribution in [0.2, 0.25) is 0 Å². The van der Waals surface area contributed by atoms with E-state index >= 15 is 0 Å². The summed E-state index contributed by atoms with van der Waals surface area (Å²) >= 11 is 5.14. The highest BCUT2D eigenvalue weighted by atomic mass is 32.1. The lowest BCUT2D eigenvalue weighted by atomic mass is 10.0. The first kappa shape index (κ1) is 21.7. The van der Waals surface area contributed by atoms with Crippen molar-refractivity contribution in [2.24, 2.45) is 0 Å². The number of hydrazine groups is 1. The van der Waals surface area contributed by atoms with Gasteiger partial charge in [0, 0.05) is 19.4 Å². The van der Waals surface area contributed by atoms with Crippen molar-refractivity contribution >= 4 is 23.2 Å². The van der Waals surface area contributed by atoms with Crippen molar-refractivity contribution in [2.75, 3.05) is 33.8 Å². The van der Waals surface area contributed by atoms with E-state index in [-0.39, 0.29) is 12.5 Å². The second-order valence-corrected chi connectivity index (χ2v) is 7.21. The van der Waals surface area contributed by atoms with Gasteiger partial charge in [-0.15, -0.1) is 0 Å². The summed E-state index contributed by atoms with van der Waals surface area (Å²) in [5.41, 5.74) is 7.47. The molecule has 2 aromatic rings. The lowest BCUT2D eigenvalue weighted by Crippen LogP contribution is -3.05. The molecule has 150 valence electrons. The van der Waals surface area contributed by atoms with Gasteiger partial charge in [-0.05, 0) is 29.4 Å². The number of hydrogen-bond acceptors (Lipinski definition) is 3. The smallest absolute Gasteiger partial charge is 0.276 e. The van der Waals surface area contributed by atoms with Gasteiger partial charge in [0.15, 0.2) is 11.7 Å². The van der Waals surface area contributed by atoms with E-state index in [0.717, 1.165) is 31.5 Å². The Hall–Kier alpha value is -2.64. The second kappa shape index (κ2) is 11.9. The predicted molar refractivity (Wildman–Crippen MR) is 115 cm³/mol. The minimum absolute atomic E-state index is 0.0919. The average Bonchev–Trinajstić information content (AvgIpc) is 2.69. The van der Waals surface area contributed by atoms with Gasteiger partial charge in [0.1, 0.15) is 5.75 Å².